The van der Waals surface area contributed by atoms with Gasteiger partial charge in [0.15, 0.2) is 5.96 Å². The Hall–Kier alpha value is -2.37. The van der Waals surface area contributed by atoms with Crippen molar-refractivity contribution < 1.29 is 9.84 Å². The number of aryl methyl sites for hydroxylation is 1. The van der Waals surface area contributed by atoms with Crippen molar-refractivity contribution in [2.75, 3.05) is 19.7 Å². The van der Waals surface area contributed by atoms with Crippen molar-refractivity contribution in [1.82, 2.24) is 10.6 Å². The molecule has 2 atom stereocenters. The molecule has 0 aliphatic rings. The zero-order valence-corrected chi connectivity index (χ0v) is 16.5. The Morgan fingerprint density at radius 3 is 2.44 bits per heavy atom. The number of aliphatic imine (C=N–C) groups is 1. The van der Waals surface area contributed by atoms with E-state index in [4.69, 9.17) is 4.74 Å². The van der Waals surface area contributed by atoms with Crippen LogP contribution in [0.1, 0.15) is 36.6 Å². The van der Waals surface area contributed by atoms with E-state index in [9.17, 15) is 5.11 Å². The number of ether oxygens (including phenoxy) is 1. The fourth-order valence-electron chi connectivity index (χ4n) is 2.55. The summed E-state index contributed by atoms with van der Waals surface area (Å²) in [5.74, 6) is 0.688. The van der Waals surface area contributed by atoms with E-state index in [0.29, 0.717) is 19.0 Å². The number of aliphatic hydroxyl groups is 1. The SMILES string of the molecule is CCNC(=NCc1ccc(C)cc1)NCC(O)COC(C)c1ccccc1. The van der Waals surface area contributed by atoms with Crippen LogP contribution < -0.4 is 10.6 Å². The highest BCUT2D eigenvalue weighted by atomic mass is 16.5. The number of hydrogen-bond donors (Lipinski definition) is 3. The molecule has 0 amide bonds. The average molecular weight is 370 g/mol. The average Bonchev–Trinajstić information content (AvgIpc) is 2.70. The molecule has 146 valence electrons. The molecule has 5 heteroatoms. The molecule has 0 heterocycles. The maximum atomic E-state index is 10.2. The molecule has 0 saturated heterocycles. The number of nitrogens with zero attached hydrogens (tertiary/aromatic N) is 1. The summed E-state index contributed by atoms with van der Waals surface area (Å²) < 4.78 is 5.77. The normalized spacial score (nSPS) is 13.9. The molecule has 0 aromatic heterocycles. The Bertz CT molecular complexity index is 686. The summed E-state index contributed by atoms with van der Waals surface area (Å²) in [6.07, 6.45) is -0.663. The van der Waals surface area contributed by atoms with Crippen LogP contribution >= 0.6 is 0 Å². The largest absolute Gasteiger partial charge is 0.389 e. The van der Waals surface area contributed by atoms with E-state index in [1.807, 2.05) is 44.2 Å². The molecule has 3 N–H and O–H groups in total. The minimum absolute atomic E-state index is 0.0516. The van der Waals surface area contributed by atoms with E-state index in [-0.39, 0.29) is 12.7 Å². The molecule has 5 nitrogen and oxygen atoms in total. The Labute approximate surface area is 162 Å². The molecular weight excluding hydrogens is 338 g/mol. The number of aliphatic hydroxyl groups excluding tert-OH is 1. The number of rotatable bonds is 9. The third kappa shape index (κ3) is 7.81. The lowest BCUT2D eigenvalue weighted by molar-refractivity contribution is -0.000599. The maximum absolute atomic E-state index is 10.2. The summed E-state index contributed by atoms with van der Waals surface area (Å²) in [6.45, 7) is 8.07. The van der Waals surface area contributed by atoms with Crippen LogP contribution in [0.15, 0.2) is 59.6 Å². The molecule has 0 aliphatic heterocycles. The molecule has 2 aromatic rings. The van der Waals surface area contributed by atoms with Crippen molar-refractivity contribution in [3.63, 3.8) is 0 Å². The van der Waals surface area contributed by atoms with E-state index >= 15 is 0 Å². The number of nitrogens with one attached hydrogen (secondary N) is 2. The summed E-state index contributed by atoms with van der Waals surface area (Å²) in [5.41, 5.74) is 3.49. The van der Waals surface area contributed by atoms with Gasteiger partial charge in [0.2, 0.25) is 0 Å². The first kappa shape index (κ1) is 20.9. The molecule has 0 radical (unpaired) electrons. The van der Waals surface area contributed by atoms with Gasteiger partial charge in [0.05, 0.1) is 25.4 Å². The number of hydrogen-bond acceptors (Lipinski definition) is 3. The Morgan fingerprint density at radius 2 is 1.78 bits per heavy atom. The van der Waals surface area contributed by atoms with E-state index < -0.39 is 6.10 Å². The standard InChI is InChI=1S/C22H31N3O2/c1-4-23-22(24-14-19-12-10-17(2)11-13-19)25-15-21(26)16-27-18(3)20-8-6-5-7-9-20/h5-13,18,21,26H,4,14-16H2,1-3H3,(H2,23,24,25). The van der Waals surface area contributed by atoms with Crippen molar-refractivity contribution in [2.24, 2.45) is 4.99 Å². The van der Waals surface area contributed by atoms with Crippen LogP contribution in [0.5, 0.6) is 0 Å². The first-order valence-electron chi connectivity index (χ1n) is 9.50. The summed E-state index contributed by atoms with van der Waals surface area (Å²) >= 11 is 0. The van der Waals surface area contributed by atoms with Gasteiger partial charge in [-0.05, 0) is 31.9 Å². The zero-order chi connectivity index (χ0) is 19.5. The van der Waals surface area contributed by atoms with E-state index in [0.717, 1.165) is 17.7 Å². The molecule has 0 spiro atoms. The van der Waals surface area contributed by atoms with E-state index in [2.05, 4.69) is 46.8 Å². The van der Waals surface area contributed by atoms with Crippen LogP contribution in [0, 0.1) is 6.92 Å². The van der Waals surface area contributed by atoms with Gasteiger partial charge in [0.25, 0.3) is 0 Å². The molecule has 2 rings (SSSR count). The lowest BCUT2D eigenvalue weighted by Crippen LogP contribution is -2.42. The van der Waals surface area contributed by atoms with Crippen LogP contribution in [-0.2, 0) is 11.3 Å². The second kappa shape index (κ2) is 11.4. The van der Waals surface area contributed by atoms with Gasteiger partial charge in [-0.2, -0.15) is 0 Å². The molecule has 27 heavy (non-hydrogen) atoms. The van der Waals surface area contributed by atoms with E-state index in [1.54, 1.807) is 0 Å². The number of guanidine groups is 1. The quantitative estimate of drug-likeness (QED) is 0.469. The minimum atomic E-state index is -0.612. The van der Waals surface area contributed by atoms with Gasteiger partial charge in [0.1, 0.15) is 0 Å². The van der Waals surface area contributed by atoms with Gasteiger partial charge in [-0.15, -0.1) is 0 Å². The maximum Gasteiger partial charge on any atom is 0.191 e. The predicted octanol–water partition coefficient (Wildman–Crippen LogP) is 3.19. The fourth-order valence-corrected chi connectivity index (χ4v) is 2.55. The minimum Gasteiger partial charge on any atom is -0.389 e. The van der Waals surface area contributed by atoms with Crippen molar-refractivity contribution in [3.8, 4) is 0 Å². The van der Waals surface area contributed by atoms with Crippen molar-refractivity contribution in [2.45, 2.75) is 39.5 Å². The fraction of sp³-hybridized carbons (Fsp3) is 0.409. The van der Waals surface area contributed by atoms with Crippen molar-refractivity contribution in [3.05, 3.63) is 71.3 Å². The molecule has 0 aliphatic carbocycles. The lowest BCUT2D eigenvalue weighted by Gasteiger charge is -2.18. The van der Waals surface area contributed by atoms with Crippen LogP contribution in [0.25, 0.3) is 0 Å². The first-order valence-corrected chi connectivity index (χ1v) is 9.50. The van der Waals surface area contributed by atoms with Gasteiger partial charge in [0, 0.05) is 13.1 Å². The summed E-state index contributed by atoms with van der Waals surface area (Å²) in [5, 5.41) is 16.6. The molecule has 0 saturated carbocycles. The topological polar surface area (TPSA) is 65.9 Å². The molecular formula is C22H31N3O2. The molecule has 0 fully saturated rings. The van der Waals surface area contributed by atoms with Crippen molar-refractivity contribution in [1.29, 1.82) is 0 Å². The van der Waals surface area contributed by atoms with Gasteiger partial charge in [-0.3, -0.25) is 0 Å². The monoisotopic (exact) mass is 369 g/mol. The third-order valence-corrected chi connectivity index (χ3v) is 4.20. The zero-order valence-electron chi connectivity index (χ0n) is 16.5. The van der Waals surface area contributed by atoms with Gasteiger partial charge >= 0.3 is 0 Å². The van der Waals surface area contributed by atoms with Gasteiger partial charge in [-0.25, -0.2) is 4.99 Å². The second-order valence-electron chi connectivity index (χ2n) is 6.60. The van der Waals surface area contributed by atoms with Crippen LogP contribution in [0.4, 0.5) is 0 Å². The van der Waals surface area contributed by atoms with Crippen molar-refractivity contribution >= 4 is 5.96 Å². The Kier molecular flexibility index (Phi) is 8.81. The first-order chi connectivity index (χ1) is 13.1. The number of benzene rings is 2. The summed E-state index contributed by atoms with van der Waals surface area (Å²) in [4.78, 5) is 4.57. The van der Waals surface area contributed by atoms with Gasteiger partial charge < -0.3 is 20.5 Å². The lowest BCUT2D eigenvalue weighted by atomic mass is 10.1. The highest BCUT2D eigenvalue weighted by Crippen LogP contribution is 2.15. The van der Waals surface area contributed by atoms with E-state index in [1.165, 1.54) is 5.56 Å². The van der Waals surface area contributed by atoms with Crippen LogP contribution in [0.2, 0.25) is 0 Å². The Morgan fingerprint density at radius 1 is 1.07 bits per heavy atom. The highest BCUT2D eigenvalue weighted by Gasteiger charge is 2.10. The Balaban J connectivity index is 1.78. The third-order valence-electron chi connectivity index (χ3n) is 4.20. The summed E-state index contributed by atoms with van der Waals surface area (Å²) in [6, 6.07) is 18.3. The second-order valence-corrected chi connectivity index (χ2v) is 6.60. The van der Waals surface area contributed by atoms with Crippen LogP contribution in [0.3, 0.4) is 0 Å². The van der Waals surface area contributed by atoms with Crippen LogP contribution in [-0.4, -0.2) is 36.9 Å². The molecule has 2 unspecified atom stereocenters. The molecule has 2 aromatic carbocycles. The highest BCUT2D eigenvalue weighted by molar-refractivity contribution is 5.79. The molecule has 0 bridgehead atoms. The van der Waals surface area contributed by atoms with Gasteiger partial charge in [-0.1, -0.05) is 60.2 Å². The summed E-state index contributed by atoms with van der Waals surface area (Å²) in [7, 11) is 0. The smallest absolute Gasteiger partial charge is 0.191 e. The predicted molar refractivity (Wildman–Crippen MR) is 111 cm³/mol.